The molecule has 0 saturated heterocycles. The molecule has 0 bridgehead atoms. The zero-order valence-electron chi connectivity index (χ0n) is 10.7. The van der Waals surface area contributed by atoms with Crippen LogP contribution in [0.25, 0.3) is 0 Å². The van der Waals surface area contributed by atoms with Crippen molar-refractivity contribution in [1.82, 2.24) is 0 Å². The van der Waals surface area contributed by atoms with Crippen molar-refractivity contribution in [3.05, 3.63) is 52.5 Å². The molecular weight excluding hydrogens is 292 g/mol. The first-order valence-electron chi connectivity index (χ1n) is 5.91. The molecule has 0 fully saturated rings. The summed E-state index contributed by atoms with van der Waals surface area (Å²) < 4.78 is 36.4. The van der Waals surface area contributed by atoms with Crippen molar-refractivity contribution in [2.45, 2.75) is 12.5 Å². The van der Waals surface area contributed by atoms with Crippen LogP contribution < -0.4 is 4.74 Å². The summed E-state index contributed by atoms with van der Waals surface area (Å²) in [6.07, 6.45) is 3.69. The van der Waals surface area contributed by atoms with Gasteiger partial charge in [0.25, 0.3) is 10.1 Å². The van der Waals surface area contributed by atoms with Gasteiger partial charge >= 0.3 is 0 Å². The molecule has 106 valence electrons. The molecule has 0 saturated carbocycles. The Kier molecular flexibility index (Phi) is 4.08. The third kappa shape index (κ3) is 3.29. The molecule has 1 aromatic carbocycles. The fourth-order valence-electron chi connectivity index (χ4n) is 1.85. The molecule has 1 N–H and O–H groups in total. The fourth-order valence-corrected chi connectivity index (χ4v) is 2.41. The van der Waals surface area contributed by atoms with E-state index in [0.717, 1.165) is 0 Å². The maximum Gasteiger partial charge on any atom is 0.294 e. The molecule has 1 aliphatic rings. The van der Waals surface area contributed by atoms with Crippen molar-refractivity contribution in [3.8, 4) is 17.9 Å². The third-order valence-electron chi connectivity index (χ3n) is 2.85. The molecule has 0 spiro atoms. The average Bonchev–Trinajstić information content (AvgIpc) is 2.47. The lowest BCUT2D eigenvalue weighted by Gasteiger charge is -2.18. The van der Waals surface area contributed by atoms with Gasteiger partial charge in [-0.25, -0.2) is 0 Å². The van der Waals surface area contributed by atoms with Gasteiger partial charge < -0.3 is 4.74 Å². The highest BCUT2D eigenvalue weighted by molar-refractivity contribution is 7.90. The molecule has 0 aliphatic heterocycles. The molecule has 0 heterocycles. The van der Waals surface area contributed by atoms with Crippen LogP contribution in [0.15, 0.2) is 41.3 Å². The van der Waals surface area contributed by atoms with Crippen molar-refractivity contribution in [2.24, 2.45) is 0 Å². The lowest BCUT2D eigenvalue weighted by molar-refractivity contribution is 0.250. The lowest BCUT2D eigenvalue weighted by Crippen LogP contribution is -2.17. The number of nitrogens with zero attached hydrogens (tertiary/aromatic N) is 2. The quantitative estimate of drug-likeness (QED) is 0.854. The summed E-state index contributed by atoms with van der Waals surface area (Å²) in [5.41, 5.74) is 0.457. The molecular formula is C14H10N2O4S. The van der Waals surface area contributed by atoms with Gasteiger partial charge in [-0.3, -0.25) is 4.55 Å². The monoisotopic (exact) mass is 302 g/mol. The molecule has 1 unspecified atom stereocenters. The SMILES string of the molecule is N#Cc1cccc(C#N)c1OC1C=CC(S(=O)(=O)O)=CC1. The summed E-state index contributed by atoms with van der Waals surface area (Å²) >= 11 is 0. The first kappa shape index (κ1) is 14.8. The van der Waals surface area contributed by atoms with Crippen LogP contribution in [-0.4, -0.2) is 19.1 Å². The van der Waals surface area contributed by atoms with Crippen LogP contribution in [0.3, 0.4) is 0 Å². The Bertz CT molecular complexity index is 778. The van der Waals surface area contributed by atoms with Crippen LogP contribution >= 0.6 is 0 Å². The van der Waals surface area contributed by atoms with Gasteiger partial charge in [-0.1, -0.05) is 12.1 Å². The summed E-state index contributed by atoms with van der Waals surface area (Å²) in [7, 11) is -4.23. The molecule has 0 aromatic heterocycles. The molecule has 0 amide bonds. The Hall–Kier alpha value is -2.61. The van der Waals surface area contributed by atoms with Crippen molar-refractivity contribution in [3.63, 3.8) is 0 Å². The number of para-hydroxylation sites is 1. The van der Waals surface area contributed by atoms with E-state index in [9.17, 15) is 8.42 Å². The molecule has 1 aromatic rings. The van der Waals surface area contributed by atoms with E-state index in [4.69, 9.17) is 19.8 Å². The van der Waals surface area contributed by atoms with E-state index in [-0.39, 0.29) is 28.2 Å². The maximum absolute atomic E-state index is 11.0. The number of rotatable bonds is 3. The molecule has 21 heavy (non-hydrogen) atoms. The van der Waals surface area contributed by atoms with Crippen molar-refractivity contribution >= 4 is 10.1 Å². The maximum atomic E-state index is 11.0. The standard InChI is InChI=1S/C14H10N2O4S/c15-8-10-2-1-3-11(9-16)14(10)20-12-4-6-13(7-5-12)21(17,18)19/h1-4,6-7,12H,5H2,(H,17,18,19). The second kappa shape index (κ2) is 5.80. The van der Waals surface area contributed by atoms with E-state index < -0.39 is 16.2 Å². The number of benzene rings is 1. The first-order valence-corrected chi connectivity index (χ1v) is 7.35. The molecule has 1 atom stereocenters. The zero-order chi connectivity index (χ0) is 15.5. The van der Waals surface area contributed by atoms with Crippen LogP contribution in [0.5, 0.6) is 5.75 Å². The van der Waals surface area contributed by atoms with Crippen LogP contribution in [0.4, 0.5) is 0 Å². The van der Waals surface area contributed by atoms with Gasteiger partial charge in [0.1, 0.15) is 18.2 Å². The fraction of sp³-hybridized carbons (Fsp3) is 0.143. The highest BCUT2D eigenvalue weighted by Crippen LogP contribution is 2.26. The number of hydrogen-bond acceptors (Lipinski definition) is 5. The summed E-state index contributed by atoms with van der Waals surface area (Å²) in [6.45, 7) is 0. The van der Waals surface area contributed by atoms with Gasteiger partial charge in [0.05, 0.1) is 16.0 Å². The minimum absolute atomic E-state index is 0.167. The molecule has 1 aliphatic carbocycles. The van der Waals surface area contributed by atoms with E-state index >= 15 is 0 Å². The largest absolute Gasteiger partial charge is 0.483 e. The number of allylic oxidation sites excluding steroid dienone is 1. The van der Waals surface area contributed by atoms with Crippen LogP contribution in [0, 0.1) is 22.7 Å². The van der Waals surface area contributed by atoms with Crippen molar-refractivity contribution < 1.29 is 17.7 Å². The second-order valence-corrected chi connectivity index (χ2v) is 5.66. The third-order valence-corrected chi connectivity index (χ3v) is 3.75. The summed E-state index contributed by atoms with van der Waals surface area (Å²) in [6, 6.07) is 8.52. The highest BCUT2D eigenvalue weighted by Gasteiger charge is 2.19. The summed E-state index contributed by atoms with van der Waals surface area (Å²) in [5.74, 6) is 0.167. The van der Waals surface area contributed by atoms with E-state index in [1.54, 1.807) is 6.07 Å². The van der Waals surface area contributed by atoms with Crippen molar-refractivity contribution in [1.29, 1.82) is 10.5 Å². The predicted molar refractivity (Wildman–Crippen MR) is 73.7 cm³/mol. The van der Waals surface area contributed by atoms with Gasteiger partial charge in [-0.15, -0.1) is 0 Å². The summed E-state index contributed by atoms with van der Waals surface area (Å²) in [4.78, 5) is -0.198. The van der Waals surface area contributed by atoms with Gasteiger partial charge in [0.15, 0.2) is 5.75 Å². The highest BCUT2D eigenvalue weighted by atomic mass is 32.2. The van der Waals surface area contributed by atoms with Gasteiger partial charge in [-0.05, 0) is 24.3 Å². The van der Waals surface area contributed by atoms with Crippen LogP contribution in [0.1, 0.15) is 17.5 Å². The second-order valence-electron chi connectivity index (χ2n) is 4.24. The smallest absolute Gasteiger partial charge is 0.294 e. The Balaban J connectivity index is 2.24. The first-order chi connectivity index (χ1) is 9.95. The molecule has 6 nitrogen and oxygen atoms in total. The van der Waals surface area contributed by atoms with E-state index in [1.807, 2.05) is 12.1 Å². The zero-order valence-corrected chi connectivity index (χ0v) is 11.5. The Labute approximate surface area is 121 Å². The Morgan fingerprint density at radius 1 is 1.24 bits per heavy atom. The summed E-state index contributed by atoms with van der Waals surface area (Å²) in [5, 5.41) is 18.1. The molecule has 0 radical (unpaired) electrons. The lowest BCUT2D eigenvalue weighted by atomic mass is 10.1. The average molecular weight is 302 g/mol. The van der Waals surface area contributed by atoms with E-state index in [2.05, 4.69) is 0 Å². The number of nitriles is 2. The normalized spacial score (nSPS) is 17.5. The van der Waals surface area contributed by atoms with Gasteiger partial charge in [0.2, 0.25) is 0 Å². The Morgan fingerprint density at radius 3 is 2.29 bits per heavy atom. The van der Waals surface area contributed by atoms with Gasteiger partial charge in [0, 0.05) is 6.42 Å². The number of hydrogen-bond donors (Lipinski definition) is 1. The topological polar surface area (TPSA) is 111 Å². The molecule has 7 heteroatoms. The van der Waals surface area contributed by atoms with Crippen LogP contribution in [-0.2, 0) is 10.1 Å². The minimum atomic E-state index is -4.23. The minimum Gasteiger partial charge on any atom is -0.483 e. The van der Waals surface area contributed by atoms with E-state index in [1.165, 1.54) is 30.4 Å². The Morgan fingerprint density at radius 2 is 1.86 bits per heavy atom. The molecule has 2 rings (SSSR count). The number of ether oxygens (including phenoxy) is 1. The van der Waals surface area contributed by atoms with E-state index in [0.29, 0.717) is 0 Å². The van der Waals surface area contributed by atoms with Crippen molar-refractivity contribution in [2.75, 3.05) is 0 Å². The van der Waals surface area contributed by atoms with Crippen LogP contribution in [0.2, 0.25) is 0 Å². The van der Waals surface area contributed by atoms with Gasteiger partial charge in [-0.2, -0.15) is 18.9 Å². The predicted octanol–water partition coefficient (Wildman–Crippen LogP) is 1.91.